The van der Waals surface area contributed by atoms with E-state index in [-0.39, 0.29) is 0 Å². The maximum atomic E-state index is 5.84. The van der Waals surface area contributed by atoms with Gasteiger partial charge in [-0.3, -0.25) is 0 Å². The molecule has 0 aliphatic carbocycles. The van der Waals surface area contributed by atoms with Gasteiger partial charge in [-0.1, -0.05) is 30.3 Å². The molecular weight excluding hydrogens is 286 g/mol. The Balaban J connectivity index is 1.84. The minimum absolute atomic E-state index is 0.785. The lowest BCUT2D eigenvalue weighted by Crippen LogP contribution is -1.91. The van der Waals surface area contributed by atoms with Gasteiger partial charge in [-0.2, -0.15) is 0 Å². The van der Waals surface area contributed by atoms with Gasteiger partial charge in [0.05, 0.1) is 16.9 Å². The summed E-state index contributed by atoms with van der Waals surface area (Å²) in [6.07, 6.45) is 1.58. The molecule has 0 aliphatic rings. The van der Waals surface area contributed by atoms with E-state index >= 15 is 0 Å². The third kappa shape index (κ3) is 1.82. The number of hydrogen-bond donors (Lipinski definition) is 0. The number of para-hydroxylation sites is 2. The summed E-state index contributed by atoms with van der Waals surface area (Å²) in [5.74, 6) is 0. The highest BCUT2D eigenvalue weighted by atomic mass is 16.3. The summed E-state index contributed by atoms with van der Waals surface area (Å²) >= 11 is 0. The molecule has 23 heavy (non-hydrogen) atoms. The van der Waals surface area contributed by atoms with Crippen LogP contribution in [0.4, 0.5) is 0 Å². The fraction of sp³-hybridized carbons (Fsp3) is 0. The van der Waals surface area contributed by atoms with Crippen LogP contribution in [0, 0.1) is 0 Å². The number of benzene rings is 2. The molecule has 5 rings (SSSR count). The molecule has 108 valence electrons. The Hall–Kier alpha value is -3.27. The first-order valence-electron chi connectivity index (χ1n) is 7.38. The molecule has 4 heteroatoms. The van der Waals surface area contributed by atoms with Gasteiger partial charge in [-0.15, -0.1) is 0 Å². The normalized spacial score (nSPS) is 11.5. The molecule has 0 bridgehead atoms. The van der Waals surface area contributed by atoms with Crippen LogP contribution < -0.4 is 0 Å². The van der Waals surface area contributed by atoms with Crippen LogP contribution in [-0.2, 0) is 0 Å². The SMILES string of the molecule is c1ccc2c(-c3ccc4oc5ccccc5c4n3)ncnc2c1. The van der Waals surface area contributed by atoms with Crippen molar-refractivity contribution in [1.82, 2.24) is 15.0 Å². The molecule has 0 saturated heterocycles. The lowest BCUT2D eigenvalue weighted by Gasteiger charge is -2.04. The summed E-state index contributed by atoms with van der Waals surface area (Å²) in [5, 5.41) is 2.01. The van der Waals surface area contributed by atoms with Gasteiger partial charge in [0.15, 0.2) is 5.58 Å². The summed E-state index contributed by atoms with van der Waals surface area (Å²) in [7, 11) is 0. The third-order valence-corrected chi connectivity index (χ3v) is 4.01. The van der Waals surface area contributed by atoms with E-state index in [9.17, 15) is 0 Å². The Labute approximate surface area is 131 Å². The summed E-state index contributed by atoms with van der Waals surface area (Å²) in [6, 6.07) is 19.8. The molecule has 0 radical (unpaired) electrons. The van der Waals surface area contributed by atoms with Gasteiger partial charge in [0.1, 0.15) is 17.4 Å². The predicted molar refractivity (Wildman–Crippen MR) is 90.0 cm³/mol. The van der Waals surface area contributed by atoms with E-state index in [2.05, 4.69) is 9.97 Å². The average molecular weight is 297 g/mol. The number of aromatic nitrogens is 3. The molecule has 4 nitrogen and oxygen atoms in total. The number of pyridine rings is 1. The van der Waals surface area contributed by atoms with Gasteiger partial charge in [0.25, 0.3) is 0 Å². The zero-order valence-electron chi connectivity index (χ0n) is 12.1. The summed E-state index contributed by atoms with van der Waals surface area (Å²) in [6.45, 7) is 0. The number of nitrogens with zero attached hydrogens (tertiary/aromatic N) is 3. The molecule has 0 spiro atoms. The van der Waals surface area contributed by atoms with Gasteiger partial charge in [-0.25, -0.2) is 15.0 Å². The molecule has 0 unspecified atom stereocenters. The Morgan fingerprint density at radius 2 is 1.52 bits per heavy atom. The monoisotopic (exact) mass is 297 g/mol. The highest BCUT2D eigenvalue weighted by Crippen LogP contribution is 2.30. The Bertz CT molecular complexity index is 1170. The molecular formula is C19H11N3O. The van der Waals surface area contributed by atoms with E-state index in [1.807, 2.05) is 60.7 Å². The number of furan rings is 1. The Morgan fingerprint density at radius 3 is 2.48 bits per heavy atom. The Morgan fingerprint density at radius 1 is 0.696 bits per heavy atom. The van der Waals surface area contributed by atoms with Crippen molar-refractivity contribution in [2.75, 3.05) is 0 Å². The molecule has 3 aromatic heterocycles. The number of hydrogen-bond acceptors (Lipinski definition) is 4. The molecule has 0 aliphatic heterocycles. The maximum Gasteiger partial charge on any atom is 0.153 e. The molecule has 3 heterocycles. The van der Waals surface area contributed by atoms with Crippen LogP contribution in [0.25, 0.3) is 44.4 Å². The molecule has 0 amide bonds. The van der Waals surface area contributed by atoms with Crippen LogP contribution in [0.2, 0.25) is 0 Å². The summed E-state index contributed by atoms with van der Waals surface area (Å²) in [4.78, 5) is 13.6. The lowest BCUT2D eigenvalue weighted by molar-refractivity contribution is 0.668. The van der Waals surface area contributed by atoms with Crippen molar-refractivity contribution in [3.63, 3.8) is 0 Å². The van der Waals surface area contributed by atoms with Crippen molar-refractivity contribution in [3.8, 4) is 11.4 Å². The Kier molecular flexibility index (Phi) is 2.46. The molecule has 0 saturated carbocycles. The van der Waals surface area contributed by atoms with Gasteiger partial charge in [-0.05, 0) is 30.3 Å². The first-order valence-corrected chi connectivity index (χ1v) is 7.38. The quantitative estimate of drug-likeness (QED) is 0.454. The van der Waals surface area contributed by atoms with Gasteiger partial charge < -0.3 is 4.42 Å². The van der Waals surface area contributed by atoms with Crippen molar-refractivity contribution in [2.24, 2.45) is 0 Å². The van der Waals surface area contributed by atoms with E-state index in [4.69, 9.17) is 9.40 Å². The van der Waals surface area contributed by atoms with E-state index in [1.165, 1.54) is 0 Å². The molecule has 2 aromatic carbocycles. The van der Waals surface area contributed by atoms with Crippen molar-refractivity contribution in [2.45, 2.75) is 0 Å². The second-order valence-corrected chi connectivity index (χ2v) is 5.38. The molecule has 0 atom stereocenters. The standard InChI is InChI=1S/C19H11N3O/c1-3-7-14-12(5-1)18(21-11-20-14)15-9-10-17-19(22-15)13-6-2-4-8-16(13)23-17/h1-11H. The second-order valence-electron chi connectivity index (χ2n) is 5.38. The van der Waals surface area contributed by atoms with Crippen molar-refractivity contribution < 1.29 is 4.42 Å². The topological polar surface area (TPSA) is 51.8 Å². The molecule has 5 aromatic rings. The summed E-state index contributed by atoms with van der Waals surface area (Å²) in [5.41, 5.74) is 5.07. The minimum atomic E-state index is 0.785. The minimum Gasteiger partial charge on any atom is -0.454 e. The van der Waals surface area contributed by atoms with Crippen LogP contribution in [-0.4, -0.2) is 15.0 Å². The smallest absolute Gasteiger partial charge is 0.153 e. The maximum absolute atomic E-state index is 5.84. The van der Waals surface area contributed by atoms with E-state index < -0.39 is 0 Å². The number of fused-ring (bicyclic) bond motifs is 4. The molecule has 0 fully saturated rings. The molecule has 0 N–H and O–H groups in total. The highest BCUT2D eigenvalue weighted by molar-refractivity contribution is 6.03. The van der Waals surface area contributed by atoms with E-state index in [0.717, 1.165) is 44.4 Å². The van der Waals surface area contributed by atoms with Crippen molar-refractivity contribution >= 4 is 33.0 Å². The zero-order valence-corrected chi connectivity index (χ0v) is 12.1. The third-order valence-electron chi connectivity index (χ3n) is 4.01. The first-order chi connectivity index (χ1) is 11.4. The van der Waals surface area contributed by atoms with Crippen LogP contribution in [0.15, 0.2) is 71.4 Å². The van der Waals surface area contributed by atoms with Gasteiger partial charge in [0, 0.05) is 10.8 Å². The van der Waals surface area contributed by atoms with Crippen molar-refractivity contribution in [1.29, 1.82) is 0 Å². The van der Waals surface area contributed by atoms with Gasteiger partial charge in [0.2, 0.25) is 0 Å². The first kappa shape index (κ1) is 12.3. The largest absolute Gasteiger partial charge is 0.454 e. The second kappa shape index (κ2) is 4.61. The number of rotatable bonds is 1. The van der Waals surface area contributed by atoms with Crippen LogP contribution in [0.3, 0.4) is 0 Å². The summed E-state index contributed by atoms with van der Waals surface area (Å²) < 4.78 is 5.84. The van der Waals surface area contributed by atoms with Crippen LogP contribution in [0.5, 0.6) is 0 Å². The fourth-order valence-electron chi connectivity index (χ4n) is 2.93. The van der Waals surface area contributed by atoms with Crippen molar-refractivity contribution in [3.05, 3.63) is 67.0 Å². The highest BCUT2D eigenvalue weighted by Gasteiger charge is 2.12. The predicted octanol–water partition coefficient (Wildman–Crippen LogP) is 4.59. The average Bonchev–Trinajstić information content (AvgIpc) is 2.99. The van der Waals surface area contributed by atoms with Crippen LogP contribution >= 0.6 is 0 Å². The van der Waals surface area contributed by atoms with E-state index in [1.54, 1.807) is 6.33 Å². The van der Waals surface area contributed by atoms with Gasteiger partial charge >= 0.3 is 0 Å². The van der Waals surface area contributed by atoms with Crippen LogP contribution in [0.1, 0.15) is 0 Å². The fourth-order valence-corrected chi connectivity index (χ4v) is 2.93. The lowest BCUT2D eigenvalue weighted by atomic mass is 10.1. The van der Waals surface area contributed by atoms with E-state index in [0.29, 0.717) is 0 Å². The zero-order chi connectivity index (χ0) is 15.2.